The SMILES string of the molecule is Cc1ccccc1-c1c(-c2ccccc2C)c2c(C)c(C)c(C)cc2c2cc(C)c(C)c(C)c12. The predicted octanol–water partition coefficient (Wildman–Crippen LogP) is 9.79. The molecule has 0 saturated heterocycles. The van der Waals surface area contributed by atoms with Crippen molar-refractivity contribution in [2.75, 3.05) is 0 Å². The molecule has 5 rings (SSSR count). The van der Waals surface area contributed by atoms with Crippen LogP contribution in [0.2, 0.25) is 0 Å². The molecule has 0 bridgehead atoms. The van der Waals surface area contributed by atoms with Gasteiger partial charge < -0.3 is 0 Å². The highest BCUT2D eigenvalue weighted by molar-refractivity contribution is 6.24. The van der Waals surface area contributed by atoms with Crippen molar-refractivity contribution in [1.82, 2.24) is 0 Å². The van der Waals surface area contributed by atoms with E-state index in [9.17, 15) is 0 Å². The summed E-state index contributed by atoms with van der Waals surface area (Å²) >= 11 is 0. The van der Waals surface area contributed by atoms with Crippen LogP contribution in [0.4, 0.5) is 0 Å². The third-order valence-electron chi connectivity index (χ3n) is 8.19. The highest BCUT2D eigenvalue weighted by atomic mass is 14.3. The van der Waals surface area contributed by atoms with Crippen LogP contribution in [0.3, 0.4) is 0 Å². The van der Waals surface area contributed by atoms with Gasteiger partial charge in [-0.05, 0) is 144 Å². The average molecular weight is 443 g/mol. The molecule has 0 unspecified atom stereocenters. The first kappa shape index (κ1) is 22.4. The van der Waals surface area contributed by atoms with Gasteiger partial charge in [0.25, 0.3) is 0 Å². The molecule has 0 N–H and O–H groups in total. The zero-order valence-corrected chi connectivity index (χ0v) is 21.8. The quantitative estimate of drug-likeness (QED) is 0.239. The highest BCUT2D eigenvalue weighted by Crippen LogP contribution is 2.49. The summed E-state index contributed by atoms with van der Waals surface area (Å²) in [6, 6.07) is 22.6. The van der Waals surface area contributed by atoms with Gasteiger partial charge in [0.05, 0.1) is 0 Å². The number of hydrogen-bond donors (Lipinski definition) is 0. The molecule has 170 valence electrons. The molecule has 0 heterocycles. The maximum atomic E-state index is 2.43. The monoisotopic (exact) mass is 442 g/mol. The lowest BCUT2D eigenvalue weighted by atomic mass is 9.78. The van der Waals surface area contributed by atoms with Gasteiger partial charge in [0.1, 0.15) is 0 Å². The number of rotatable bonds is 2. The van der Waals surface area contributed by atoms with Crippen molar-refractivity contribution in [2.45, 2.75) is 55.4 Å². The van der Waals surface area contributed by atoms with Gasteiger partial charge in [-0.25, -0.2) is 0 Å². The lowest BCUT2D eigenvalue weighted by Gasteiger charge is -2.25. The van der Waals surface area contributed by atoms with Crippen LogP contribution in [0.25, 0.3) is 43.8 Å². The minimum Gasteiger partial charge on any atom is -0.0620 e. The summed E-state index contributed by atoms with van der Waals surface area (Å²) in [6.07, 6.45) is 0. The van der Waals surface area contributed by atoms with Crippen LogP contribution in [0.1, 0.15) is 44.5 Å². The summed E-state index contributed by atoms with van der Waals surface area (Å²) in [6.45, 7) is 18.2. The Bertz CT molecular complexity index is 1490. The molecule has 34 heavy (non-hydrogen) atoms. The van der Waals surface area contributed by atoms with Crippen LogP contribution in [-0.4, -0.2) is 0 Å². The Morgan fingerprint density at radius 1 is 0.382 bits per heavy atom. The number of fused-ring (bicyclic) bond motifs is 3. The minimum absolute atomic E-state index is 1.32. The van der Waals surface area contributed by atoms with Gasteiger partial charge in [0.2, 0.25) is 0 Å². The summed E-state index contributed by atoms with van der Waals surface area (Å²) in [4.78, 5) is 0. The number of benzene rings is 5. The van der Waals surface area contributed by atoms with Gasteiger partial charge >= 0.3 is 0 Å². The summed E-state index contributed by atoms with van der Waals surface area (Å²) in [7, 11) is 0. The molecule has 5 aromatic rings. The fraction of sp³-hybridized carbons (Fsp3) is 0.235. The van der Waals surface area contributed by atoms with Crippen LogP contribution < -0.4 is 0 Å². The van der Waals surface area contributed by atoms with E-state index in [0.29, 0.717) is 0 Å². The molecule has 0 radical (unpaired) electrons. The van der Waals surface area contributed by atoms with Crippen LogP contribution in [-0.2, 0) is 0 Å². The Kier molecular flexibility index (Phi) is 5.36. The Hall–Kier alpha value is -3.38. The highest BCUT2D eigenvalue weighted by Gasteiger charge is 2.23. The third-order valence-corrected chi connectivity index (χ3v) is 8.19. The smallest absolute Gasteiger partial charge is 0.00147 e. The van der Waals surface area contributed by atoms with Gasteiger partial charge in [0, 0.05) is 0 Å². The molecule has 0 fully saturated rings. The Morgan fingerprint density at radius 3 is 1.09 bits per heavy atom. The van der Waals surface area contributed by atoms with E-state index in [4.69, 9.17) is 0 Å². The van der Waals surface area contributed by atoms with Crippen molar-refractivity contribution in [3.8, 4) is 22.3 Å². The lowest BCUT2D eigenvalue weighted by molar-refractivity contribution is 1.29. The maximum Gasteiger partial charge on any atom is -0.00147 e. The molecular formula is C34H34. The summed E-state index contributed by atoms with van der Waals surface area (Å²) < 4.78 is 0. The first-order valence-corrected chi connectivity index (χ1v) is 12.3. The lowest BCUT2D eigenvalue weighted by Crippen LogP contribution is -2.01. The zero-order chi connectivity index (χ0) is 24.3. The third kappa shape index (κ3) is 3.20. The Labute approximate surface area is 204 Å². The van der Waals surface area contributed by atoms with Crippen molar-refractivity contribution in [3.05, 3.63) is 105 Å². The van der Waals surface area contributed by atoms with E-state index in [1.807, 2.05) is 0 Å². The van der Waals surface area contributed by atoms with Gasteiger partial charge in [-0.2, -0.15) is 0 Å². The van der Waals surface area contributed by atoms with Crippen LogP contribution in [0, 0.1) is 55.4 Å². The molecule has 0 spiro atoms. The van der Waals surface area contributed by atoms with E-state index in [2.05, 4.69) is 116 Å². The predicted molar refractivity (Wildman–Crippen MR) is 150 cm³/mol. The van der Waals surface area contributed by atoms with E-state index in [-0.39, 0.29) is 0 Å². The molecule has 0 nitrogen and oxygen atoms in total. The topological polar surface area (TPSA) is 0 Å². The largest absolute Gasteiger partial charge is 0.0620 e. The van der Waals surface area contributed by atoms with Crippen LogP contribution in [0.5, 0.6) is 0 Å². The van der Waals surface area contributed by atoms with Gasteiger partial charge in [-0.15, -0.1) is 0 Å². The average Bonchev–Trinajstić information content (AvgIpc) is 2.82. The summed E-state index contributed by atoms with van der Waals surface area (Å²) in [5, 5.41) is 5.53. The number of aryl methyl sites for hydroxylation is 6. The molecule has 0 saturated carbocycles. The van der Waals surface area contributed by atoms with Gasteiger partial charge in [-0.3, -0.25) is 0 Å². The molecule has 0 aliphatic heterocycles. The molecule has 0 heteroatoms. The van der Waals surface area contributed by atoms with E-state index in [1.165, 1.54) is 88.3 Å². The van der Waals surface area contributed by atoms with E-state index < -0.39 is 0 Å². The fourth-order valence-corrected chi connectivity index (χ4v) is 5.73. The fourth-order valence-electron chi connectivity index (χ4n) is 5.73. The first-order valence-electron chi connectivity index (χ1n) is 12.3. The van der Waals surface area contributed by atoms with E-state index in [1.54, 1.807) is 0 Å². The molecule has 5 aromatic carbocycles. The molecule has 0 aliphatic rings. The van der Waals surface area contributed by atoms with Crippen LogP contribution >= 0.6 is 0 Å². The van der Waals surface area contributed by atoms with Crippen LogP contribution in [0.15, 0.2) is 60.7 Å². The van der Waals surface area contributed by atoms with E-state index in [0.717, 1.165) is 0 Å². The second-order valence-electron chi connectivity index (χ2n) is 10.1. The second kappa shape index (κ2) is 8.13. The second-order valence-corrected chi connectivity index (χ2v) is 10.1. The molecular weight excluding hydrogens is 408 g/mol. The summed E-state index contributed by atoms with van der Waals surface area (Å²) in [5.74, 6) is 0. The van der Waals surface area contributed by atoms with Gasteiger partial charge in [0.15, 0.2) is 0 Å². The van der Waals surface area contributed by atoms with Gasteiger partial charge in [-0.1, -0.05) is 60.7 Å². The van der Waals surface area contributed by atoms with Crippen molar-refractivity contribution in [2.24, 2.45) is 0 Å². The first-order chi connectivity index (χ1) is 16.2. The number of hydrogen-bond acceptors (Lipinski definition) is 0. The minimum atomic E-state index is 1.32. The maximum absolute atomic E-state index is 2.43. The molecule has 0 amide bonds. The molecule has 0 aliphatic carbocycles. The Morgan fingerprint density at radius 2 is 0.735 bits per heavy atom. The standard InChI is InChI=1S/C34H34/c1-19-13-9-11-15-27(19)33-31-25(7)23(5)21(3)17-29(31)30-18-22(4)24(6)26(8)32(30)34(33)28-16-12-10-14-20(28)2/h9-18H,1-8H3. The zero-order valence-electron chi connectivity index (χ0n) is 21.8. The van der Waals surface area contributed by atoms with Crippen molar-refractivity contribution >= 4 is 21.5 Å². The van der Waals surface area contributed by atoms with Crippen molar-refractivity contribution in [1.29, 1.82) is 0 Å². The van der Waals surface area contributed by atoms with Crippen molar-refractivity contribution < 1.29 is 0 Å². The Balaban J connectivity index is 2.22. The summed E-state index contributed by atoms with van der Waals surface area (Å²) in [5.41, 5.74) is 16.3. The van der Waals surface area contributed by atoms with Crippen molar-refractivity contribution in [3.63, 3.8) is 0 Å². The molecule has 0 atom stereocenters. The normalized spacial score (nSPS) is 11.5. The van der Waals surface area contributed by atoms with E-state index >= 15 is 0 Å². The molecule has 0 aromatic heterocycles.